The Hall–Kier alpha value is -0.0400. The molecule has 1 heterocycles. The fourth-order valence-electron chi connectivity index (χ4n) is 3.06. The van der Waals surface area contributed by atoms with Crippen molar-refractivity contribution >= 4 is 0 Å². The average molecular weight is 212 g/mol. The molecular formula is C14H30N+. The van der Waals surface area contributed by atoms with Crippen LogP contribution in [0, 0.1) is 11.3 Å². The van der Waals surface area contributed by atoms with Gasteiger partial charge < -0.3 is 4.48 Å². The van der Waals surface area contributed by atoms with E-state index in [1.807, 2.05) is 0 Å². The number of rotatable bonds is 2. The van der Waals surface area contributed by atoms with Crippen molar-refractivity contribution in [3.8, 4) is 0 Å². The van der Waals surface area contributed by atoms with Crippen molar-refractivity contribution in [2.24, 2.45) is 11.3 Å². The van der Waals surface area contributed by atoms with Gasteiger partial charge in [-0.15, -0.1) is 0 Å². The molecule has 0 bridgehead atoms. The SMILES string of the molecule is CCC[N+]1(C)CC(C(C)(C)C)CCC1C. The number of hydrogen-bond donors (Lipinski definition) is 0. The molecule has 15 heavy (non-hydrogen) atoms. The molecule has 90 valence electrons. The molecule has 1 nitrogen and oxygen atoms in total. The quantitative estimate of drug-likeness (QED) is 0.612. The molecule has 0 aliphatic carbocycles. The zero-order valence-corrected chi connectivity index (χ0v) is 11.6. The van der Waals surface area contributed by atoms with Crippen molar-refractivity contribution < 1.29 is 4.48 Å². The van der Waals surface area contributed by atoms with Gasteiger partial charge in [0.2, 0.25) is 0 Å². The second-order valence-corrected chi connectivity index (χ2v) is 6.87. The maximum absolute atomic E-state index is 2.46. The van der Waals surface area contributed by atoms with Crippen LogP contribution in [0.1, 0.15) is 53.9 Å². The minimum atomic E-state index is 0.493. The zero-order chi connectivity index (χ0) is 11.7. The Balaban J connectivity index is 2.72. The lowest BCUT2D eigenvalue weighted by Crippen LogP contribution is -2.58. The summed E-state index contributed by atoms with van der Waals surface area (Å²) >= 11 is 0. The largest absolute Gasteiger partial charge is 0.324 e. The van der Waals surface area contributed by atoms with Gasteiger partial charge in [0.05, 0.1) is 26.2 Å². The monoisotopic (exact) mass is 212 g/mol. The second-order valence-electron chi connectivity index (χ2n) is 6.87. The van der Waals surface area contributed by atoms with E-state index < -0.39 is 0 Å². The molecule has 1 aliphatic rings. The average Bonchev–Trinajstić information content (AvgIpc) is 2.08. The molecule has 0 saturated carbocycles. The van der Waals surface area contributed by atoms with Crippen LogP contribution in [-0.2, 0) is 0 Å². The first kappa shape index (κ1) is 13.0. The van der Waals surface area contributed by atoms with Crippen LogP contribution in [0.4, 0.5) is 0 Å². The second kappa shape index (κ2) is 4.45. The van der Waals surface area contributed by atoms with Crippen molar-refractivity contribution in [2.75, 3.05) is 20.1 Å². The number of hydrogen-bond acceptors (Lipinski definition) is 0. The highest BCUT2D eigenvalue weighted by molar-refractivity contribution is 4.78. The number of quaternary nitrogens is 1. The Morgan fingerprint density at radius 3 is 2.27 bits per heavy atom. The third-order valence-corrected chi connectivity index (χ3v) is 4.59. The fraction of sp³-hybridized carbons (Fsp3) is 1.00. The standard InChI is InChI=1S/C14H30N/c1-7-10-15(6)11-13(14(3,4)5)9-8-12(15)2/h12-13H,7-11H2,1-6H3/q+1. The van der Waals surface area contributed by atoms with Crippen LogP contribution in [-0.4, -0.2) is 30.7 Å². The maximum Gasteiger partial charge on any atom is 0.0859 e. The van der Waals surface area contributed by atoms with Gasteiger partial charge in [-0.05, 0) is 31.6 Å². The van der Waals surface area contributed by atoms with Crippen molar-refractivity contribution in [1.29, 1.82) is 0 Å². The Morgan fingerprint density at radius 1 is 1.20 bits per heavy atom. The van der Waals surface area contributed by atoms with E-state index >= 15 is 0 Å². The summed E-state index contributed by atoms with van der Waals surface area (Å²) in [7, 11) is 2.46. The van der Waals surface area contributed by atoms with Gasteiger partial charge in [0.15, 0.2) is 0 Å². The first-order valence-corrected chi connectivity index (χ1v) is 6.64. The summed E-state index contributed by atoms with van der Waals surface area (Å²) in [5.41, 5.74) is 0.493. The van der Waals surface area contributed by atoms with Gasteiger partial charge in [-0.25, -0.2) is 0 Å². The van der Waals surface area contributed by atoms with Gasteiger partial charge >= 0.3 is 0 Å². The Labute approximate surface area is 96.4 Å². The number of piperidine rings is 1. The summed E-state index contributed by atoms with van der Waals surface area (Å²) in [6, 6.07) is 0.864. The molecule has 1 aliphatic heterocycles. The summed E-state index contributed by atoms with van der Waals surface area (Å²) < 4.78 is 1.30. The summed E-state index contributed by atoms with van der Waals surface area (Å²) in [6.07, 6.45) is 4.17. The Bertz CT molecular complexity index is 204. The van der Waals surface area contributed by atoms with E-state index in [0.717, 1.165) is 12.0 Å². The highest BCUT2D eigenvalue weighted by Crippen LogP contribution is 2.37. The van der Waals surface area contributed by atoms with Crippen molar-refractivity contribution in [3.63, 3.8) is 0 Å². The summed E-state index contributed by atoms with van der Waals surface area (Å²) in [5, 5.41) is 0. The zero-order valence-electron chi connectivity index (χ0n) is 11.6. The van der Waals surface area contributed by atoms with E-state index in [2.05, 4.69) is 41.7 Å². The van der Waals surface area contributed by atoms with Crippen LogP contribution < -0.4 is 0 Å². The minimum absolute atomic E-state index is 0.493. The number of likely N-dealkylation sites (tertiary alicyclic amines) is 1. The highest BCUT2D eigenvalue weighted by atomic mass is 15.4. The minimum Gasteiger partial charge on any atom is -0.324 e. The van der Waals surface area contributed by atoms with Gasteiger partial charge in [-0.2, -0.15) is 0 Å². The lowest BCUT2D eigenvalue weighted by atomic mass is 9.74. The molecule has 0 radical (unpaired) electrons. The van der Waals surface area contributed by atoms with Gasteiger partial charge in [-0.1, -0.05) is 27.7 Å². The van der Waals surface area contributed by atoms with Crippen LogP contribution in [0.3, 0.4) is 0 Å². The molecule has 1 saturated heterocycles. The van der Waals surface area contributed by atoms with Crippen LogP contribution in [0.5, 0.6) is 0 Å². The molecule has 1 fully saturated rings. The van der Waals surface area contributed by atoms with E-state index in [4.69, 9.17) is 0 Å². The number of nitrogens with zero attached hydrogens (tertiary/aromatic N) is 1. The Kier molecular flexibility index (Phi) is 3.86. The molecule has 3 unspecified atom stereocenters. The first-order valence-electron chi connectivity index (χ1n) is 6.64. The fourth-order valence-corrected chi connectivity index (χ4v) is 3.06. The van der Waals surface area contributed by atoms with E-state index in [1.54, 1.807) is 0 Å². The summed E-state index contributed by atoms with van der Waals surface area (Å²) in [4.78, 5) is 0. The summed E-state index contributed by atoms with van der Waals surface area (Å²) in [6.45, 7) is 14.7. The van der Waals surface area contributed by atoms with Gasteiger partial charge in [0.25, 0.3) is 0 Å². The van der Waals surface area contributed by atoms with Gasteiger partial charge in [0.1, 0.15) is 0 Å². The van der Waals surface area contributed by atoms with Crippen molar-refractivity contribution in [3.05, 3.63) is 0 Å². The summed E-state index contributed by atoms with van der Waals surface area (Å²) in [5.74, 6) is 0.908. The maximum atomic E-state index is 2.46. The normalized spacial score (nSPS) is 38.0. The molecule has 0 spiro atoms. The van der Waals surface area contributed by atoms with Crippen LogP contribution in [0.25, 0.3) is 0 Å². The molecule has 1 rings (SSSR count). The molecule has 0 aromatic carbocycles. The highest BCUT2D eigenvalue weighted by Gasteiger charge is 2.40. The van der Waals surface area contributed by atoms with Crippen LogP contribution in [0.2, 0.25) is 0 Å². The van der Waals surface area contributed by atoms with Crippen LogP contribution >= 0.6 is 0 Å². The molecule has 3 atom stereocenters. The molecular weight excluding hydrogens is 182 g/mol. The molecule has 0 N–H and O–H groups in total. The smallest absolute Gasteiger partial charge is 0.0859 e. The van der Waals surface area contributed by atoms with E-state index in [9.17, 15) is 0 Å². The van der Waals surface area contributed by atoms with Crippen LogP contribution in [0.15, 0.2) is 0 Å². The van der Waals surface area contributed by atoms with Gasteiger partial charge in [-0.3, -0.25) is 0 Å². The first-order chi connectivity index (χ1) is 6.79. The van der Waals surface area contributed by atoms with Gasteiger partial charge in [0, 0.05) is 5.92 Å². The van der Waals surface area contributed by atoms with Crippen molar-refractivity contribution in [2.45, 2.75) is 59.9 Å². The lowest BCUT2D eigenvalue weighted by Gasteiger charge is -2.49. The molecule has 0 aromatic heterocycles. The van der Waals surface area contributed by atoms with Crippen molar-refractivity contribution in [1.82, 2.24) is 0 Å². The predicted molar refractivity (Wildman–Crippen MR) is 67.9 cm³/mol. The third-order valence-electron chi connectivity index (χ3n) is 4.59. The van der Waals surface area contributed by atoms with E-state index in [-0.39, 0.29) is 0 Å². The van der Waals surface area contributed by atoms with E-state index in [0.29, 0.717) is 5.41 Å². The molecule has 1 heteroatoms. The predicted octanol–water partition coefficient (Wildman–Crippen LogP) is 3.69. The molecule has 0 amide bonds. The topological polar surface area (TPSA) is 0 Å². The Morgan fingerprint density at radius 2 is 1.80 bits per heavy atom. The van der Waals surface area contributed by atoms with E-state index in [1.165, 1.54) is 36.8 Å². The third kappa shape index (κ3) is 2.96. The lowest BCUT2D eigenvalue weighted by molar-refractivity contribution is -0.940. The molecule has 0 aromatic rings.